The highest BCUT2D eigenvalue weighted by Crippen LogP contribution is 2.27. The third-order valence-electron chi connectivity index (χ3n) is 3.30. The lowest BCUT2D eigenvalue weighted by molar-refractivity contribution is 0.0994. The Morgan fingerprint density at radius 2 is 1.42 bits per heavy atom. The van der Waals surface area contributed by atoms with E-state index in [2.05, 4.69) is 0 Å². The van der Waals surface area contributed by atoms with E-state index >= 15 is 0 Å². The van der Waals surface area contributed by atoms with Crippen molar-refractivity contribution in [2.45, 2.75) is 6.42 Å². The maximum atomic E-state index is 12.4. The smallest absolute Gasteiger partial charge is 0.167 e. The predicted molar refractivity (Wildman–Crippen MR) is 77.5 cm³/mol. The zero-order valence-electron chi connectivity index (χ0n) is 10.5. The van der Waals surface area contributed by atoms with Gasteiger partial charge in [0.15, 0.2) is 5.78 Å². The molecule has 92 valence electrons. The van der Waals surface area contributed by atoms with Gasteiger partial charge in [0.2, 0.25) is 0 Å². The molecule has 2 aliphatic rings. The van der Waals surface area contributed by atoms with Gasteiger partial charge in [-0.3, -0.25) is 4.79 Å². The number of hydrogen-bond acceptors (Lipinski definition) is 1. The molecule has 1 heteroatoms. The molecule has 0 fully saturated rings. The summed E-state index contributed by atoms with van der Waals surface area (Å²) in [5, 5.41) is 0. The molecule has 19 heavy (non-hydrogen) atoms. The Bertz CT molecular complexity index is 670. The van der Waals surface area contributed by atoms with E-state index < -0.39 is 0 Å². The molecule has 0 saturated carbocycles. The van der Waals surface area contributed by atoms with E-state index in [1.807, 2.05) is 72.8 Å². The van der Waals surface area contributed by atoms with Crippen molar-refractivity contribution in [3.8, 4) is 11.1 Å². The van der Waals surface area contributed by atoms with Crippen molar-refractivity contribution in [1.29, 1.82) is 0 Å². The first-order valence-electron chi connectivity index (χ1n) is 6.39. The van der Waals surface area contributed by atoms with Crippen LogP contribution in [0, 0.1) is 0 Å². The van der Waals surface area contributed by atoms with Gasteiger partial charge in [0.05, 0.1) is 0 Å². The summed E-state index contributed by atoms with van der Waals surface area (Å²) in [6.45, 7) is 0. The Morgan fingerprint density at radius 1 is 0.737 bits per heavy atom. The molecule has 1 aromatic rings. The summed E-state index contributed by atoms with van der Waals surface area (Å²) in [5.41, 5.74) is 4.02. The molecule has 0 aromatic heterocycles. The van der Waals surface area contributed by atoms with Gasteiger partial charge in [0, 0.05) is 12.0 Å². The number of hydrogen-bond donors (Lipinski definition) is 0. The second-order valence-electron chi connectivity index (χ2n) is 4.61. The Labute approximate surface area is 112 Å². The monoisotopic (exact) mass is 246 g/mol. The van der Waals surface area contributed by atoms with Gasteiger partial charge < -0.3 is 0 Å². The van der Waals surface area contributed by atoms with Crippen LogP contribution in [0.5, 0.6) is 0 Å². The topological polar surface area (TPSA) is 17.1 Å². The number of fused-ring (bicyclic) bond motifs is 1. The van der Waals surface area contributed by atoms with Crippen LogP contribution in [-0.2, 0) is 6.42 Å². The average molecular weight is 246 g/mol. The number of rotatable bonds is 3. The molecule has 3 rings (SSSR count). The van der Waals surface area contributed by atoms with Crippen molar-refractivity contribution in [3.05, 3.63) is 83.9 Å². The van der Waals surface area contributed by atoms with E-state index in [0.29, 0.717) is 6.42 Å². The maximum absolute atomic E-state index is 12.4. The van der Waals surface area contributed by atoms with Crippen LogP contribution < -0.4 is 0 Å². The van der Waals surface area contributed by atoms with Crippen LogP contribution in [0.15, 0.2) is 72.8 Å². The SMILES string of the molecule is O=C(Cc1ccccc1)c1ccc2cccccc1-2. The highest BCUT2D eigenvalue weighted by atomic mass is 16.1. The number of ketones is 1. The molecule has 0 heterocycles. The lowest BCUT2D eigenvalue weighted by Gasteiger charge is -2.02. The van der Waals surface area contributed by atoms with Gasteiger partial charge in [0.1, 0.15) is 0 Å². The van der Waals surface area contributed by atoms with Crippen LogP contribution in [0.4, 0.5) is 0 Å². The summed E-state index contributed by atoms with van der Waals surface area (Å²) >= 11 is 0. The Kier molecular flexibility index (Phi) is 3.11. The molecule has 2 aliphatic carbocycles. The maximum Gasteiger partial charge on any atom is 0.167 e. The van der Waals surface area contributed by atoms with Crippen LogP contribution >= 0.6 is 0 Å². The summed E-state index contributed by atoms with van der Waals surface area (Å²) in [6.07, 6.45) is 0.457. The molecule has 1 aromatic carbocycles. The van der Waals surface area contributed by atoms with Crippen LogP contribution in [0.3, 0.4) is 0 Å². The van der Waals surface area contributed by atoms with Crippen molar-refractivity contribution >= 4 is 5.78 Å². The Morgan fingerprint density at radius 3 is 2.21 bits per heavy atom. The van der Waals surface area contributed by atoms with Crippen LogP contribution in [-0.4, -0.2) is 5.78 Å². The van der Waals surface area contributed by atoms with E-state index in [0.717, 1.165) is 22.3 Å². The van der Waals surface area contributed by atoms with Crippen molar-refractivity contribution < 1.29 is 4.79 Å². The molecule has 0 bridgehead atoms. The number of benzene rings is 1. The van der Waals surface area contributed by atoms with Crippen molar-refractivity contribution in [2.24, 2.45) is 0 Å². The summed E-state index contributed by atoms with van der Waals surface area (Å²) in [4.78, 5) is 12.4. The first-order chi connectivity index (χ1) is 9.34. The van der Waals surface area contributed by atoms with Gasteiger partial charge in [0.25, 0.3) is 0 Å². The average Bonchev–Trinajstić information content (AvgIpc) is 2.69. The quantitative estimate of drug-likeness (QED) is 0.632. The Hall–Kier alpha value is -2.41. The zero-order chi connectivity index (χ0) is 13.1. The van der Waals surface area contributed by atoms with E-state index in [9.17, 15) is 4.79 Å². The molecule has 0 aliphatic heterocycles. The molecule has 0 atom stereocenters. The largest absolute Gasteiger partial charge is 0.294 e. The molecular formula is C18H14O. The van der Waals surface area contributed by atoms with E-state index in [1.165, 1.54) is 0 Å². The zero-order valence-corrected chi connectivity index (χ0v) is 10.5. The standard InChI is InChI=1S/C18H14O/c19-18(13-14-7-3-1-4-8-14)17-12-11-15-9-5-2-6-10-16(15)17/h1-12H,13H2. The lowest BCUT2D eigenvalue weighted by atomic mass is 10.0. The second kappa shape index (κ2) is 5.07. The summed E-state index contributed by atoms with van der Waals surface area (Å²) in [6, 6.07) is 23.8. The fourth-order valence-electron chi connectivity index (χ4n) is 2.33. The number of carbonyl (C=O) groups excluding carboxylic acids is 1. The molecular weight excluding hydrogens is 232 g/mol. The molecule has 1 nitrogen and oxygen atoms in total. The van der Waals surface area contributed by atoms with Gasteiger partial charge >= 0.3 is 0 Å². The van der Waals surface area contributed by atoms with Gasteiger partial charge in [-0.15, -0.1) is 0 Å². The fourth-order valence-corrected chi connectivity index (χ4v) is 2.33. The minimum Gasteiger partial charge on any atom is -0.294 e. The van der Waals surface area contributed by atoms with Gasteiger partial charge in [-0.2, -0.15) is 0 Å². The minimum atomic E-state index is 0.174. The highest BCUT2D eigenvalue weighted by Gasteiger charge is 2.14. The van der Waals surface area contributed by atoms with Gasteiger partial charge in [-0.25, -0.2) is 0 Å². The van der Waals surface area contributed by atoms with E-state index in [4.69, 9.17) is 0 Å². The normalized spacial score (nSPS) is 10.5. The Balaban J connectivity index is 1.92. The van der Waals surface area contributed by atoms with Crippen LogP contribution in [0.25, 0.3) is 11.1 Å². The molecule has 0 radical (unpaired) electrons. The van der Waals surface area contributed by atoms with E-state index in [1.54, 1.807) is 0 Å². The lowest BCUT2D eigenvalue weighted by Crippen LogP contribution is -2.02. The first kappa shape index (κ1) is 11.7. The molecule has 0 N–H and O–H groups in total. The van der Waals surface area contributed by atoms with Gasteiger partial charge in [-0.05, 0) is 16.7 Å². The van der Waals surface area contributed by atoms with Crippen molar-refractivity contribution in [1.82, 2.24) is 0 Å². The van der Waals surface area contributed by atoms with E-state index in [-0.39, 0.29) is 5.78 Å². The first-order valence-corrected chi connectivity index (χ1v) is 6.39. The summed E-state index contributed by atoms with van der Waals surface area (Å²) < 4.78 is 0. The van der Waals surface area contributed by atoms with Crippen LogP contribution in [0.1, 0.15) is 15.9 Å². The third-order valence-corrected chi connectivity index (χ3v) is 3.30. The van der Waals surface area contributed by atoms with Crippen molar-refractivity contribution in [3.63, 3.8) is 0 Å². The fraction of sp³-hybridized carbons (Fsp3) is 0.0556. The van der Waals surface area contributed by atoms with Crippen molar-refractivity contribution in [2.75, 3.05) is 0 Å². The summed E-state index contributed by atoms with van der Waals surface area (Å²) in [5.74, 6) is 0.174. The predicted octanol–water partition coefficient (Wildman–Crippen LogP) is 4.22. The molecule has 0 spiro atoms. The number of carbonyl (C=O) groups is 1. The third kappa shape index (κ3) is 2.41. The second-order valence-corrected chi connectivity index (χ2v) is 4.61. The molecule has 0 unspecified atom stereocenters. The molecule has 0 amide bonds. The minimum absolute atomic E-state index is 0.174. The molecule has 0 saturated heterocycles. The van der Waals surface area contributed by atoms with Gasteiger partial charge in [-0.1, -0.05) is 72.8 Å². The van der Waals surface area contributed by atoms with Crippen LogP contribution in [0.2, 0.25) is 0 Å². The number of Topliss-reactive ketones (excluding diaryl/α,β-unsaturated/α-hetero) is 1. The summed E-state index contributed by atoms with van der Waals surface area (Å²) in [7, 11) is 0. The highest BCUT2D eigenvalue weighted by molar-refractivity contribution is 6.04.